The van der Waals surface area contributed by atoms with E-state index in [4.69, 9.17) is 4.74 Å². The molecule has 0 aliphatic heterocycles. The van der Waals surface area contributed by atoms with Gasteiger partial charge in [-0.2, -0.15) is 0 Å². The zero-order chi connectivity index (χ0) is 8.81. The van der Waals surface area contributed by atoms with Gasteiger partial charge < -0.3 is 10.1 Å². The Morgan fingerprint density at radius 2 is 2.15 bits per heavy atom. The minimum atomic E-state index is 0. The summed E-state index contributed by atoms with van der Waals surface area (Å²) in [7, 11) is 1.94. The minimum absolute atomic E-state index is 0. The monoisotopic (exact) mass is 201 g/mol. The number of ether oxygens (including phenoxy) is 1. The van der Waals surface area contributed by atoms with Crippen LogP contribution in [0.4, 0.5) is 0 Å². The van der Waals surface area contributed by atoms with Gasteiger partial charge in [0.15, 0.2) is 0 Å². The Balaban J connectivity index is 0.00000144. The Kier molecular flexibility index (Phi) is 6.37. The number of hydrogen-bond donors (Lipinski definition) is 1. The van der Waals surface area contributed by atoms with Crippen LogP contribution >= 0.6 is 12.4 Å². The van der Waals surface area contributed by atoms with Gasteiger partial charge in [0, 0.05) is 6.54 Å². The highest BCUT2D eigenvalue weighted by atomic mass is 35.5. The largest absolute Gasteiger partial charge is 0.494 e. The third-order valence-corrected chi connectivity index (χ3v) is 1.59. The molecular formula is C10H16ClNO. The van der Waals surface area contributed by atoms with E-state index >= 15 is 0 Å². The summed E-state index contributed by atoms with van der Waals surface area (Å²) in [6.07, 6.45) is 0. The lowest BCUT2D eigenvalue weighted by molar-refractivity contribution is 0.340. The molecule has 3 heteroatoms. The van der Waals surface area contributed by atoms with Gasteiger partial charge in [-0.1, -0.05) is 12.1 Å². The molecule has 2 nitrogen and oxygen atoms in total. The average Bonchev–Trinajstić information content (AvgIpc) is 2.06. The molecule has 0 fully saturated rings. The van der Waals surface area contributed by atoms with Crippen molar-refractivity contribution in [3.8, 4) is 5.75 Å². The van der Waals surface area contributed by atoms with E-state index in [-0.39, 0.29) is 12.4 Å². The molecular weight excluding hydrogens is 186 g/mol. The van der Waals surface area contributed by atoms with Gasteiger partial charge in [-0.3, -0.25) is 0 Å². The van der Waals surface area contributed by atoms with Crippen molar-refractivity contribution in [2.45, 2.75) is 13.5 Å². The van der Waals surface area contributed by atoms with Gasteiger partial charge >= 0.3 is 0 Å². The normalized spacial score (nSPS) is 9.08. The first kappa shape index (κ1) is 12.3. The molecule has 0 saturated carbocycles. The van der Waals surface area contributed by atoms with Crippen LogP contribution in [0.15, 0.2) is 24.3 Å². The van der Waals surface area contributed by atoms with Crippen molar-refractivity contribution in [3.05, 3.63) is 29.8 Å². The molecule has 1 N–H and O–H groups in total. The highest BCUT2D eigenvalue weighted by molar-refractivity contribution is 5.85. The van der Waals surface area contributed by atoms with Crippen LogP contribution in [0.25, 0.3) is 0 Å². The van der Waals surface area contributed by atoms with Gasteiger partial charge in [0.25, 0.3) is 0 Å². The fraction of sp³-hybridized carbons (Fsp3) is 0.400. The van der Waals surface area contributed by atoms with E-state index in [1.807, 2.05) is 26.1 Å². The highest BCUT2D eigenvalue weighted by Gasteiger charge is 1.93. The van der Waals surface area contributed by atoms with E-state index in [1.165, 1.54) is 5.56 Å². The molecule has 1 rings (SSSR count). The van der Waals surface area contributed by atoms with E-state index in [0.29, 0.717) is 0 Å². The summed E-state index contributed by atoms with van der Waals surface area (Å²) in [4.78, 5) is 0. The average molecular weight is 202 g/mol. The van der Waals surface area contributed by atoms with Gasteiger partial charge in [0.2, 0.25) is 0 Å². The second-order valence-electron chi connectivity index (χ2n) is 2.61. The molecule has 1 aromatic rings. The van der Waals surface area contributed by atoms with E-state index in [2.05, 4.69) is 17.4 Å². The summed E-state index contributed by atoms with van der Waals surface area (Å²) in [5.74, 6) is 0.949. The molecule has 0 amide bonds. The number of nitrogens with one attached hydrogen (secondary N) is 1. The van der Waals surface area contributed by atoms with Crippen molar-refractivity contribution in [1.82, 2.24) is 5.32 Å². The molecule has 0 spiro atoms. The van der Waals surface area contributed by atoms with Gasteiger partial charge in [-0.05, 0) is 31.7 Å². The fourth-order valence-electron chi connectivity index (χ4n) is 1.12. The van der Waals surface area contributed by atoms with Crippen LogP contribution in [0.5, 0.6) is 5.75 Å². The van der Waals surface area contributed by atoms with Crippen LogP contribution in [-0.4, -0.2) is 13.7 Å². The van der Waals surface area contributed by atoms with Crippen LogP contribution < -0.4 is 10.1 Å². The molecule has 0 unspecified atom stereocenters. The summed E-state index contributed by atoms with van der Waals surface area (Å²) in [5, 5.41) is 3.10. The molecule has 0 aliphatic rings. The smallest absolute Gasteiger partial charge is 0.119 e. The number of benzene rings is 1. The Morgan fingerprint density at radius 1 is 1.38 bits per heavy atom. The van der Waals surface area contributed by atoms with Crippen LogP contribution in [0.3, 0.4) is 0 Å². The second kappa shape index (κ2) is 6.75. The maximum atomic E-state index is 5.37. The molecule has 0 saturated heterocycles. The topological polar surface area (TPSA) is 21.3 Å². The van der Waals surface area contributed by atoms with Crippen molar-refractivity contribution in [3.63, 3.8) is 0 Å². The minimum Gasteiger partial charge on any atom is -0.494 e. The first-order valence-corrected chi connectivity index (χ1v) is 4.23. The van der Waals surface area contributed by atoms with E-state index in [0.717, 1.165) is 18.9 Å². The Bertz CT molecular complexity index is 219. The fourth-order valence-corrected chi connectivity index (χ4v) is 1.12. The van der Waals surface area contributed by atoms with E-state index in [1.54, 1.807) is 0 Å². The quantitative estimate of drug-likeness (QED) is 0.807. The maximum absolute atomic E-state index is 5.37. The SMILES string of the molecule is CCOc1cccc(CNC)c1.Cl. The molecule has 0 aliphatic carbocycles. The van der Waals surface area contributed by atoms with Crippen molar-refractivity contribution >= 4 is 12.4 Å². The standard InChI is InChI=1S/C10H15NO.ClH/c1-3-12-10-6-4-5-9(7-10)8-11-2;/h4-7,11H,3,8H2,1-2H3;1H. The zero-order valence-corrected chi connectivity index (χ0v) is 8.86. The van der Waals surface area contributed by atoms with E-state index < -0.39 is 0 Å². The summed E-state index contributed by atoms with van der Waals surface area (Å²) in [5.41, 5.74) is 1.25. The molecule has 0 radical (unpaired) electrons. The predicted octanol–water partition coefficient (Wildman–Crippen LogP) is 2.23. The lowest BCUT2D eigenvalue weighted by atomic mass is 10.2. The second-order valence-corrected chi connectivity index (χ2v) is 2.61. The Morgan fingerprint density at radius 3 is 2.77 bits per heavy atom. The Hall–Kier alpha value is -0.730. The van der Waals surface area contributed by atoms with Crippen LogP contribution in [0.2, 0.25) is 0 Å². The summed E-state index contributed by atoms with van der Waals surface area (Å²) in [6, 6.07) is 8.12. The first-order valence-electron chi connectivity index (χ1n) is 4.23. The third kappa shape index (κ3) is 4.15. The van der Waals surface area contributed by atoms with Gasteiger partial charge in [0.05, 0.1) is 6.61 Å². The molecule has 0 aromatic heterocycles. The summed E-state index contributed by atoms with van der Waals surface area (Å²) >= 11 is 0. The lowest BCUT2D eigenvalue weighted by Crippen LogP contribution is -2.05. The summed E-state index contributed by atoms with van der Waals surface area (Å²) in [6.45, 7) is 3.61. The van der Waals surface area contributed by atoms with Gasteiger partial charge in [-0.25, -0.2) is 0 Å². The van der Waals surface area contributed by atoms with Crippen molar-refractivity contribution in [2.24, 2.45) is 0 Å². The lowest BCUT2D eigenvalue weighted by Gasteiger charge is -2.04. The van der Waals surface area contributed by atoms with Gasteiger partial charge in [-0.15, -0.1) is 12.4 Å². The number of rotatable bonds is 4. The van der Waals surface area contributed by atoms with E-state index in [9.17, 15) is 0 Å². The number of hydrogen-bond acceptors (Lipinski definition) is 2. The molecule has 13 heavy (non-hydrogen) atoms. The number of halogens is 1. The van der Waals surface area contributed by atoms with Crippen LogP contribution in [-0.2, 0) is 6.54 Å². The maximum Gasteiger partial charge on any atom is 0.119 e. The predicted molar refractivity (Wildman–Crippen MR) is 57.6 cm³/mol. The summed E-state index contributed by atoms with van der Waals surface area (Å²) < 4.78 is 5.37. The highest BCUT2D eigenvalue weighted by Crippen LogP contribution is 2.12. The van der Waals surface area contributed by atoms with Crippen molar-refractivity contribution in [2.75, 3.05) is 13.7 Å². The molecule has 1 aromatic carbocycles. The van der Waals surface area contributed by atoms with Crippen molar-refractivity contribution < 1.29 is 4.74 Å². The first-order chi connectivity index (χ1) is 5.86. The van der Waals surface area contributed by atoms with Crippen molar-refractivity contribution in [1.29, 1.82) is 0 Å². The van der Waals surface area contributed by atoms with Crippen LogP contribution in [0.1, 0.15) is 12.5 Å². The molecule has 0 bridgehead atoms. The molecule has 0 heterocycles. The molecule has 74 valence electrons. The third-order valence-electron chi connectivity index (χ3n) is 1.59. The van der Waals surface area contributed by atoms with Gasteiger partial charge in [0.1, 0.15) is 5.75 Å². The Labute approximate surface area is 85.7 Å². The van der Waals surface area contributed by atoms with Crippen LogP contribution in [0, 0.1) is 0 Å². The molecule has 0 atom stereocenters. The zero-order valence-electron chi connectivity index (χ0n) is 8.04.